The molecule has 0 saturated heterocycles. The van der Waals surface area contributed by atoms with E-state index in [0.29, 0.717) is 19.0 Å². The van der Waals surface area contributed by atoms with Gasteiger partial charge in [-0.05, 0) is 38.0 Å². The van der Waals surface area contributed by atoms with Crippen LogP contribution in [-0.2, 0) is 13.6 Å². The highest BCUT2D eigenvalue weighted by atomic mass is 16.5. The molecule has 4 aromatic rings. The SMILES string of the molecule is CCOc1ncccc1-c1cnc2c(c(C(C)C)nn2C)c1NCc1nccc(C)n1. The second-order valence-corrected chi connectivity index (χ2v) is 7.67. The molecule has 0 radical (unpaired) electrons. The van der Waals surface area contributed by atoms with E-state index in [2.05, 4.69) is 34.1 Å². The van der Waals surface area contributed by atoms with Gasteiger partial charge >= 0.3 is 0 Å². The van der Waals surface area contributed by atoms with Crippen molar-refractivity contribution >= 4 is 16.7 Å². The van der Waals surface area contributed by atoms with Crippen molar-refractivity contribution < 1.29 is 4.74 Å². The normalized spacial score (nSPS) is 11.3. The predicted octanol–water partition coefficient (Wildman–Crippen LogP) is 4.26. The van der Waals surface area contributed by atoms with Gasteiger partial charge in [0.2, 0.25) is 5.88 Å². The van der Waals surface area contributed by atoms with Crippen molar-refractivity contribution in [1.29, 1.82) is 0 Å². The van der Waals surface area contributed by atoms with Gasteiger partial charge in [0.05, 0.1) is 29.9 Å². The average Bonchev–Trinajstić information content (AvgIpc) is 3.10. The zero-order valence-electron chi connectivity index (χ0n) is 18.5. The third kappa shape index (κ3) is 4.05. The first kappa shape index (κ1) is 20.7. The van der Waals surface area contributed by atoms with Crippen LogP contribution in [0.1, 0.15) is 43.9 Å². The topological polar surface area (TPSA) is 90.6 Å². The minimum atomic E-state index is 0.233. The summed E-state index contributed by atoms with van der Waals surface area (Å²) in [4.78, 5) is 18.1. The van der Waals surface area contributed by atoms with Gasteiger partial charge in [0, 0.05) is 42.5 Å². The Morgan fingerprint density at radius 3 is 2.68 bits per heavy atom. The molecule has 160 valence electrons. The maximum atomic E-state index is 5.81. The van der Waals surface area contributed by atoms with E-state index < -0.39 is 0 Å². The van der Waals surface area contributed by atoms with Gasteiger partial charge in [-0.15, -0.1) is 0 Å². The van der Waals surface area contributed by atoms with Crippen molar-refractivity contribution in [3.05, 3.63) is 54.0 Å². The van der Waals surface area contributed by atoms with E-state index in [4.69, 9.17) is 14.8 Å². The fourth-order valence-electron chi connectivity index (χ4n) is 3.64. The Hall–Kier alpha value is -3.55. The lowest BCUT2D eigenvalue weighted by molar-refractivity contribution is 0.328. The molecule has 0 aromatic carbocycles. The highest BCUT2D eigenvalue weighted by molar-refractivity contribution is 6.00. The van der Waals surface area contributed by atoms with Crippen molar-refractivity contribution in [2.75, 3.05) is 11.9 Å². The van der Waals surface area contributed by atoms with Gasteiger partial charge in [-0.1, -0.05) is 13.8 Å². The predicted molar refractivity (Wildman–Crippen MR) is 121 cm³/mol. The Bertz CT molecular complexity index is 1220. The van der Waals surface area contributed by atoms with Crippen molar-refractivity contribution in [3.8, 4) is 17.0 Å². The molecule has 4 heterocycles. The van der Waals surface area contributed by atoms with E-state index in [1.807, 2.05) is 50.0 Å². The van der Waals surface area contributed by atoms with Crippen LogP contribution in [0.4, 0.5) is 5.69 Å². The number of aryl methyl sites for hydroxylation is 2. The molecule has 0 atom stereocenters. The number of ether oxygens (including phenoxy) is 1. The van der Waals surface area contributed by atoms with Crippen LogP contribution in [-0.4, -0.2) is 36.3 Å². The van der Waals surface area contributed by atoms with Crippen molar-refractivity contribution in [1.82, 2.24) is 29.7 Å². The first-order valence-corrected chi connectivity index (χ1v) is 10.5. The fraction of sp³-hybridized carbons (Fsp3) is 0.348. The zero-order valence-corrected chi connectivity index (χ0v) is 18.5. The number of fused-ring (bicyclic) bond motifs is 1. The molecule has 0 aliphatic rings. The number of pyridine rings is 2. The third-order valence-corrected chi connectivity index (χ3v) is 5.04. The quantitative estimate of drug-likeness (QED) is 0.480. The molecular formula is C23H27N7O. The molecular weight excluding hydrogens is 390 g/mol. The summed E-state index contributed by atoms with van der Waals surface area (Å²) in [6.45, 7) is 9.19. The summed E-state index contributed by atoms with van der Waals surface area (Å²) in [6, 6.07) is 5.80. The summed E-state index contributed by atoms with van der Waals surface area (Å²) in [5, 5.41) is 9.32. The summed E-state index contributed by atoms with van der Waals surface area (Å²) in [6.07, 6.45) is 5.37. The summed E-state index contributed by atoms with van der Waals surface area (Å²) in [5.41, 5.74) is 5.46. The van der Waals surface area contributed by atoms with Crippen molar-refractivity contribution in [3.63, 3.8) is 0 Å². The summed E-state index contributed by atoms with van der Waals surface area (Å²) < 4.78 is 7.64. The van der Waals surface area contributed by atoms with Gasteiger partial charge < -0.3 is 10.1 Å². The van der Waals surface area contributed by atoms with E-state index in [1.54, 1.807) is 12.4 Å². The Kier molecular flexibility index (Phi) is 5.79. The molecule has 0 unspecified atom stereocenters. The molecule has 0 aliphatic carbocycles. The summed E-state index contributed by atoms with van der Waals surface area (Å²) >= 11 is 0. The number of rotatable bonds is 7. The molecule has 4 rings (SSSR count). The van der Waals surface area contributed by atoms with Crippen LogP contribution in [0.3, 0.4) is 0 Å². The minimum absolute atomic E-state index is 0.233. The van der Waals surface area contributed by atoms with E-state index >= 15 is 0 Å². The average molecular weight is 418 g/mol. The highest BCUT2D eigenvalue weighted by Gasteiger charge is 2.22. The number of nitrogens with zero attached hydrogens (tertiary/aromatic N) is 6. The van der Waals surface area contributed by atoms with Crippen LogP contribution >= 0.6 is 0 Å². The molecule has 0 amide bonds. The minimum Gasteiger partial charge on any atom is -0.478 e. The molecule has 8 nitrogen and oxygen atoms in total. The van der Waals surface area contributed by atoms with Gasteiger partial charge in [0.1, 0.15) is 5.82 Å². The molecule has 0 saturated carbocycles. The second-order valence-electron chi connectivity index (χ2n) is 7.67. The van der Waals surface area contributed by atoms with Gasteiger partial charge in [-0.2, -0.15) is 5.10 Å². The Morgan fingerprint density at radius 2 is 1.94 bits per heavy atom. The zero-order chi connectivity index (χ0) is 22.0. The van der Waals surface area contributed by atoms with Crippen LogP contribution in [0.2, 0.25) is 0 Å². The van der Waals surface area contributed by atoms with Gasteiger partial charge in [-0.3, -0.25) is 4.68 Å². The maximum Gasteiger partial charge on any atom is 0.221 e. The van der Waals surface area contributed by atoms with Gasteiger partial charge in [0.15, 0.2) is 5.65 Å². The van der Waals surface area contributed by atoms with Crippen LogP contribution in [0.25, 0.3) is 22.2 Å². The highest BCUT2D eigenvalue weighted by Crippen LogP contribution is 2.40. The maximum absolute atomic E-state index is 5.81. The number of hydrogen-bond donors (Lipinski definition) is 1. The van der Waals surface area contributed by atoms with E-state index in [-0.39, 0.29) is 5.92 Å². The fourth-order valence-corrected chi connectivity index (χ4v) is 3.64. The monoisotopic (exact) mass is 417 g/mol. The molecule has 4 aromatic heterocycles. The standard InChI is InChI=1S/C23H27N7O/c1-6-31-23-16(8-7-10-25-23)17-12-27-22-19(20(14(2)3)29-30(22)5)21(17)26-13-18-24-11-9-15(4)28-18/h7-12,14H,6,13H2,1-5H3,(H,26,27). The smallest absolute Gasteiger partial charge is 0.221 e. The molecule has 0 aliphatic heterocycles. The van der Waals surface area contributed by atoms with Gasteiger partial charge in [-0.25, -0.2) is 19.9 Å². The van der Waals surface area contributed by atoms with E-state index in [9.17, 15) is 0 Å². The van der Waals surface area contributed by atoms with Crippen LogP contribution in [0, 0.1) is 6.92 Å². The molecule has 0 spiro atoms. The lowest BCUT2D eigenvalue weighted by Crippen LogP contribution is -2.08. The first-order chi connectivity index (χ1) is 15.0. The van der Waals surface area contributed by atoms with Gasteiger partial charge in [0.25, 0.3) is 0 Å². The Labute approximate surface area is 181 Å². The molecule has 1 N–H and O–H groups in total. The van der Waals surface area contributed by atoms with Crippen LogP contribution in [0.5, 0.6) is 5.88 Å². The molecule has 0 bridgehead atoms. The van der Waals surface area contributed by atoms with E-state index in [0.717, 1.165) is 45.1 Å². The number of nitrogens with one attached hydrogen (secondary N) is 1. The molecule has 8 heteroatoms. The van der Waals surface area contributed by atoms with Crippen LogP contribution < -0.4 is 10.1 Å². The third-order valence-electron chi connectivity index (χ3n) is 5.04. The lowest BCUT2D eigenvalue weighted by atomic mass is 10.0. The van der Waals surface area contributed by atoms with Crippen molar-refractivity contribution in [2.24, 2.45) is 7.05 Å². The lowest BCUT2D eigenvalue weighted by Gasteiger charge is -2.16. The number of aromatic nitrogens is 6. The summed E-state index contributed by atoms with van der Waals surface area (Å²) in [7, 11) is 1.92. The van der Waals surface area contributed by atoms with E-state index in [1.165, 1.54) is 0 Å². The van der Waals surface area contributed by atoms with Crippen molar-refractivity contribution in [2.45, 2.75) is 40.2 Å². The largest absolute Gasteiger partial charge is 0.478 e. The Balaban J connectivity index is 1.91. The van der Waals surface area contributed by atoms with Crippen LogP contribution in [0.15, 0.2) is 36.8 Å². The molecule has 31 heavy (non-hydrogen) atoms. The number of hydrogen-bond acceptors (Lipinski definition) is 7. The summed E-state index contributed by atoms with van der Waals surface area (Å²) in [5.74, 6) is 1.54. The number of anilines is 1. The molecule has 0 fully saturated rings. The first-order valence-electron chi connectivity index (χ1n) is 10.5. The Morgan fingerprint density at radius 1 is 1.10 bits per heavy atom. The second kappa shape index (κ2) is 8.67.